The molecule has 0 radical (unpaired) electrons. The second kappa shape index (κ2) is 6.69. The van der Waals surface area contributed by atoms with Crippen molar-refractivity contribution in [2.75, 3.05) is 25.5 Å². The molecule has 0 unspecified atom stereocenters. The fourth-order valence-electron chi connectivity index (χ4n) is 1.27. The number of carbonyl (C=O) groups is 1. The van der Waals surface area contributed by atoms with Gasteiger partial charge >= 0.3 is 6.03 Å². The number of nitrogens with zero attached hydrogens (tertiary/aromatic N) is 1. The topological polar surface area (TPSA) is 58.4 Å². The second-order valence-electron chi connectivity index (χ2n) is 3.65. The van der Waals surface area contributed by atoms with Gasteiger partial charge in [-0.1, -0.05) is 23.2 Å². The predicted molar refractivity (Wildman–Crippen MR) is 71.8 cm³/mol. The van der Waals surface area contributed by atoms with Gasteiger partial charge in [0.15, 0.2) is 0 Å². The first kappa shape index (κ1) is 14.1. The van der Waals surface area contributed by atoms with Gasteiger partial charge < -0.3 is 16.0 Å². The van der Waals surface area contributed by atoms with Crippen LogP contribution >= 0.6 is 23.2 Å². The maximum absolute atomic E-state index is 11.7. The summed E-state index contributed by atoms with van der Waals surface area (Å²) in [4.78, 5) is 13.3. The summed E-state index contributed by atoms with van der Waals surface area (Å²) in [5, 5.41) is 3.68. The summed E-state index contributed by atoms with van der Waals surface area (Å²) in [6.07, 6.45) is 0.764. The molecule has 2 amide bonds. The molecule has 1 rings (SSSR count). The number of halogens is 2. The van der Waals surface area contributed by atoms with E-state index in [0.29, 0.717) is 28.8 Å². The van der Waals surface area contributed by atoms with Crippen molar-refractivity contribution < 1.29 is 4.79 Å². The fraction of sp³-hybridized carbons (Fsp3) is 0.364. The zero-order chi connectivity index (χ0) is 12.8. The van der Waals surface area contributed by atoms with Crippen LogP contribution in [0.25, 0.3) is 0 Å². The molecular formula is C11H15Cl2N3O. The van der Waals surface area contributed by atoms with Gasteiger partial charge in [-0.25, -0.2) is 4.79 Å². The molecule has 17 heavy (non-hydrogen) atoms. The van der Waals surface area contributed by atoms with E-state index in [1.807, 2.05) is 0 Å². The summed E-state index contributed by atoms with van der Waals surface area (Å²) < 4.78 is 0. The maximum Gasteiger partial charge on any atom is 0.321 e. The van der Waals surface area contributed by atoms with Crippen LogP contribution in [0.3, 0.4) is 0 Å². The normalized spacial score (nSPS) is 10.1. The van der Waals surface area contributed by atoms with Crippen molar-refractivity contribution in [1.29, 1.82) is 0 Å². The minimum atomic E-state index is -0.211. The zero-order valence-corrected chi connectivity index (χ0v) is 11.1. The Bertz CT molecular complexity index is 378. The van der Waals surface area contributed by atoms with Gasteiger partial charge in [0.1, 0.15) is 0 Å². The van der Waals surface area contributed by atoms with E-state index in [-0.39, 0.29) is 6.03 Å². The molecular weight excluding hydrogens is 261 g/mol. The quantitative estimate of drug-likeness (QED) is 0.888. The van der Waals surface area contributed by atoms with E-state index in [2.05, 4.69) is 5.32 Å². The van der Waals surface area contributed by atoms with Crippen molar-refractivity contribution >= 4 is 34.9 Å². The molecule has 0 saturated carbocycles. The van der Waals surface area contributed by atoms with Gasteiger partial charge in [-0.2, -0.15) is 0 Å². The van der Waals surface area contributed by atoms with Crippen LogP contribution in [0.4, 0.5) is 10.5 Å². The SMILES string of the molecule is CN(CCCN)C(=O)Nc1cc(Cl)cc(Cl)c1. The van der Waals surface area contributed by atoms with Crippen LogP contribution in [0.2, 0.25) is 10.0 Å². The molecule has 0 aliphatic rings. The first-order chi connectivity index (χ1) is 8.02. The molecule has 0 heterocycles. The van der Waals surface area contributed by atoms with E-state index >= 15 is 0 Å². The van der Waals surface area contributed by atoms with Gasteiger partial charge in [0, 0.05) is 29.3 Å². The molecule has 0 saturated heterocycles. The molecule has 6 heteroatoms. The average molecular weight is 276 g/mol. The van der Waals surface area contributed by atoms with Crippen molar-refractivity contribution in [2.45, 2.75) is 6.42 Å². The maximum atomic E-state index is 11.7. The zero-order valence-electron chi connectivity index (χ0n) is 9.54. The van der Waals surface area contributed by atoms with Crippen LogP contribution in [0.15, 0.2) is 18.2 Å². The van der Waals surface area contributed by atoms with Crippen LogP contribution < -0.4 is 11.1 Å². The second-order valence-corrected chi connectivity index (χ2v) is 4.52. The number of carbonyl (C=O) groups excluding carboxylic acids is 1. The van der Waals surface area contributed by atoms with Crippen LogP contribution in [0, 0.1) is 0 Å². The average Bonchev–Trinajstić information content (AvgIpc) is 2.24. The molecule has 94 valence electrons. The summed E-state index contributed by atoms with van der Waals surface area (Å²) in [5.41, 5.74) is 5.95. The van der Waals surface area contributed by atoms with Crippen molar-refractivity contribution in [3.05, 3.63) is 28.2 Å². The lowest BCUT2D eigenvalue weighted by Crippen LogP contribution is -2.32. The summed E-state index contributed by atoms with van der Waals surface area (Å²) in [6, 6.07) is 4.68. The highest BCUT2D eigenvalue weighted by Crippen LogP contribution is 2.22. The van der Waals surface area contributed by atoms with Crippen molar-refractivity contribution in [1.82, 2.24) is 4.90 Å². The molecule has 0 bridgehead atoms. The van der Waals surface area contributed by atoms with E-state index in [0.717, 1.165) is 6.42 Å². The third kappa shape index (κ3) is 4.81. The molecule has 0 aromatic heterocycles. The van der Waals surface area contributed by atoms with E-state index in [9.17, 15) is 4.79 Å². The molecule has 3 N–H and O–H groups in total. The Morgan fingerprint density at radius 1 is 1.35 bits per heavy atom. The monoisotopic (exact) mass is 275 g/mol. The van der Waals surface area contributed by atoms with E-state index in [1.54, 1.807) is 30.1 Å². The standard InChI is InChI=1S/C11H15Cl2N3O/c1-16(4-2-3-14)11(17)15-10-6-8(12)5-9(13)7-10/h5-7H,2-4,14H2,1H3,(H,15,17). The van der Waals surface area contributed by atoms with E-state index < -0.39 is 0 Å². The van der Waals surface area contributed by atoms with Crippen LogP contribution in [0.5, 0.6) is 0 Å². The lowest BCUT2D eigenvalue weighted by atomic mass is 10.3. The largest absolute Gasteiger partial charge is 0.330 e. The van der Waals surface area contributed by atoms with Gasteiger partial charge in [-0.3, -0.25) is 0 Å². The van der Waals surface area contributed by atoms with Crippen LogP contribution in [0.1, 0.15) is 6.42 Å². The summed E-state index contributed by atoms with van der Waals surface area (Å²) in [7, 11) is 1.71. The number of hydrogen-bond donors (Lipinski definition) is 2. The Balaban J connectivity index is 2.61. The van der Waals surface area contributed by atoms with Crippen molar-refractivity contribution in [3.63, 3.8) is 0 Å². The Hall–Kier alpha value is -0.970. The van der Waals surface area contributed by atoms with Crippen LogP contribution in [-0.2, 0) is 0 Å². The fourth-order valence-corrected chi connectivity index (χ4v) is 1.80. The number of amides is 2. The molecule has 1 aromatic rings. The summed E-state index contributed by atoms with van der Waals surface area (Å²) in [5.74, 6) is 0. The minimum Gasteiger partial charge on any atom is -0.330 e. The number of hydrogen-bond acceptors (Lipinski definition) is 2. The smallest absolute Gasteiger partial charge is 0.321 e. The number of nitrogens with two attached hydrogens (primary N) is 1. The van der Waals surface area contributed by atoms with E-state index in [1.165, 1.54) is 0 Å². The lowest BCUT2D eigenvalue weighted by molar-refractivity contribution is 0.222. The molecule has 0 aliphatic carbocycles. The van der Waals surface area contributed by atoms with Gasteiger partial charge in [0.05, 0.1) is 0 Å². The highest BCUT2D eigenvalue weighted by atomic mass is 35.5. The summed E-state index contributed by atoms with van der Waals surface area (Å²) >= 11 is 11.7. The van der Waals surface area contributed by atoms with E-state index in [4.69, 9.17) is 28.9 Å². The molecule has 0 spiro atoms. The number of nitrogens with one attached hydrogen (secondary N) is 1. The van der Waals surface area contributed by atoms with Gasteiger partial charge in [0.2, 0.25) is 0 Å². The Morgan fingerprint density at radius 3 is 2.47 bits per heavy atom. The number of anilines is 1. The molecule has 0 fully saturated rings. The Kier molecular flexibility index (Phi) is 5.55. The molecule has 1 aromatic carbocycles. The van der Waals surface area contributed by atoms with Crippen molar-refractivity contribution in [2.24, 2.45) is 5.73 Å². The van der Waals surface area contributed by atoms with Gasteiger partial charge in [0.25, 0.3) is 0 Å². The Morgan fingerprint density at radius 2 is 1.94 bits per heavy atom. The highest BCUT2D eigenvalue weighted by molar-refractivity contribution is 6.35. The number of rotatable bonds is 4. The predicted octanol–water partition coefficient (Wildman–Crippen LogP) is 2.81. The first-order valence-corrected chi connectivity index (χ1v) is 5.97. The first-order valence-electron chi connectivity index (χ1n) is 5.21. The van der Waals surface area contributed by atoms with Gasteiger partial charge in [-0.05, 0) is 31.2 Å². The highest BCUT2D eigenvalue weighted by Gasteiger charge is 2.08. The Labute approximate surface area is 111 Å². The molecule has 0 aliphatic heterocycles. The van der Waals surface area contributed by atoms with Crippen molar-refractivity contribution in [3.8, 4) is 0 Å². The summed E-state index contributed by atoms with van der Waals surface area (Å²) in [6.45, 7) is 1.16. The van der Waals surface area contributed by atoms with Crippen LogP contribution in [-0.4, -0.2) is 31.1 Å². The number of benzene rings is 1. The lowest BCUT2D eigenvalue weighted by Gasteiger charge is -2.17. The minimum absolute atomic E-state index is 0.211. The third-order valence-corrected chi connectivity index (χ3v) is 2.59. The molecule has 4 nitrogen and oxygen atoms in total. The van der Waals surface area contributed by atoms with Gasteiger partial charge in [-0.15, -0.1) is 0 Å². The number of urea groups is 1. The molecule has 0 atom stereocenters. The third-order valence-electron chi connectivity index (χ3n) is 2.16.